The van der Waals surface area contributed by atoms with Crippen LogP contribution < -0.4 is 19.7 Å². The van der Waals surface area contributed by atoms with Crippen molar-refractivity contribution in [2.24, 2.45) is 0 Å². The Morgan fingerprint density at radius 1 is 1.10 bits per heavy atom. The monoisotopic (exact) mass is 427 g/mol. The second kappa shape index (κ2) is 10.7. The SMILES string of the molecule is CNC(=O)COc1ccc(C(=O)N(C)Cc2ccc(N3CCOCC3)cc2)cc1OC. The van der Waals surface area contributed by atoms with Crippen LogP contribution in [0, 0.1) is 0 Å². The molecule has 2 amide bonds. The number of methoxy groups -OCH3 is 1. The molecular formula is C23H29N3O5. The molecule has 1 heterocycles. The number of likely N-dealkylation sites (N-methyl/N-ethyl adjacent to an activating group) is 1. The molecule has 0 aromatic heterocycles. The lowest BCUT2D eigenvalue weighted by Crippen LogP contribution is -2.36. The molecule has 2 aromatic carbocycles. The molecule has 1 aliphatic rings. The number of amides is 2. The highest BCUT2D eigenvalue weighted by atomic mass is 16.5. The third-order valence-corrected chi connectivity index (χ3v) is 5.13. The van der Waals surface area contributed by atoms with Gasteiger partial charge in [-0.3, -0.25) is 9.59 Å². The number of ether oxygens (including phenoxy) is 3. The van der Waals surface area contributed by atoms with Crippen molar-refractivity contribution in [1.82, 2.24) is 10.2 Å². The second-order valence-corrected chi connectivity index (χ2v) is 7.25. The van der Waals surface area contributed by atoms with Gasteiger partial charge in [-0.05, 0) is 35.9 Å². The van der Waals surface area contributed by atoms with Crippen molar-refractivity contribution in [2.75, 3.05) is 59.0 Å². The lowest BCUT2D eigenvalue weighted by Gasteiger charge is -2.29. The largest absolute Gasteiger partial charge is 0.493 e. The first-order valence-electron chi connectivity index (χ1n) is 10.2. The zero-order valence-electron chi connectivity index (χ0n) is 18.2. The summed E-state index contributed by atoms with van der Waals surface area (Å²) < 4.78 is 16.2. The van der Waals surface area contributed by atoms with Gasteiger partial charge in [0.1, 0.15) is 0 Å². The zero-order chi connectivity index (χ0) is 22.2. The first kappa shape index (κ1) is 22.4. The van der Waals surface area contributed by atoms with Gasteiger partial charge < -0.3 is 29.3 Å². The minimum Gasteiger partial charge on any atom is -0.493 e. The van der Waals surface area contributed by atoms with Crippen LogP contribution >= 0.6 is 0 Å². The molecule has 1 N–H and O–H groups in total. The van der Waals surface area contributed by atoms with E-state index in [0.717, 1.165) is 37.6 Å². The van der Waals surface area contributed by atoms with Crippen LogP contribution in [0.3, 0.4) is 0 Å². The predicted octanol–water partition coefficient (Wildman–Crippen LogP) is 1.93. The van der Waals surface area contributed by atoms with Crippen LogP contribution in [-0.2, 0) is 16.1 Å². The number of nitrogens with one attached hydrogen (secondary N) is 1. The maximum atomic E-state index is 12.9. The average molecular weight is 428 g/mol. The second-order valence-electron chi connectivity index (χ2n) is 7.25. The number of carbonyl (C=O) groups is 2. The summed E-state index contributed by atoms with van der Waals surface area (Å²) in [6.45, 7) is 3.64. The number of rotatable bonds is 8. The number of hydrogen-bond donors (Lipinski definition) is 1. The normalized spacial score (nSPS) is 13.5. The van der Waals surface area contributed by atoms with Crippen molar-refractivity contribution >= 4 is 17.5 Å². The van der Waals surface area contributed by atoms with Gasteiger partial charge in [-0.25, -0.2) is 0 Å². The van der Waals surface area contributed by atoms with Gasteiger partial charge in [-0.15, -0.1) is 0 Å². The van der Waals surface area contributed by atoms with Crippen LogP contribution in [0.25, 0.3) is 0 Å². The smallest absolute Gasteiger partial charge is 0.257 e. The Labute approximate surface area is 182 Å². The van der Waals surface area contributed by atoms with Gasteiger partial charge in [-0.2, -0.15) is 0 Å². The van der Waals surface area contributed by atoms with Crippen LogP contribution in [0.2, 0.25) is 0 Å². The maximum Gasteiger partial charge on any atom is 0.257 e. The molecule has 0 aliphatic carbocycles. The van der Waals surface area contributed by atoms with Gasteiger partial charge in [0, 0.05) is 45.0 Å². The van der Waals surface area contributed by atoms with E-state index in [-0.39, 0.29) is 18.4 Å². The van der Waals surface area contributed by atoms with Crippen molar-refractivity contribution in [2.45, 2.75) is 6.54 Å². The van der Waals surface area contributed by atoms with Gasteiger partial charge in [0.15, 0.2) is 18.1 Å². The minimum atomic E-state index is -0.249. The van der Waals surface area contributed by atoms with Crippen LogP contribution in [0.15, 0.2) is 42.5 Å². The number of hydrogen-bond acceptors (Lipinski definition) is 6. The van der Waals surface area contributed by atoms with Crippen molar-refractivity contribution in [1.29, 1.82) is 0 Å². The third kappa shape index (κ3) is 5.88. The quantitative estimate of drug-likeness (QED) is 0.694. The van der Waals surface area contributed by atoms with E-state index in [4.69, 9.17) is 14.2 Å². The number of anilines is 1. The van der Waals surface area contributed by atoms with Crippen LogP contribution in [0.5, 0.6) is 11.5 Å². The Morgan fingerprint density at radius 3 is 2.45 bits per heavy atom. The van der Waals surface area contributed by atoms with E-state index in [1.165, 1.54) is 14.2 Å². The molecule has 0 bridgehead atoms. The molecule has 0 radical (unpaired) electrons. The van der Waals surface area contributed by atoms with Crippen molar-refractivity contribution < 1.29 is 23.8 Å². The Balaban J connectivity index is 1.63. The number of nitrogens with zero attached hydrogens (tertiary/aromatic N) is 2. The van der Waals surface area contributed by atoms with Gasteiger partial charge in [-0.1, -0.05) is 12.1 Å². The molecule has 0 atom stereocenters. The van der Waals surface area contributed by atoms with Crippen molar-refractivity contribution in [3.05, 3.63) is 53.6 Å². The molecule has 3 rings (SSSR count). The van der Waals surface area contributed by atoms with Gasteiger partial charge >= 0.3 is 0 Å². The summed E-state index contributed by atoms with van der Waals surface area (Å²) in [6, 6.07) is 13.2. The maximum absolute atomic E-state index is 12.9. The lowest BCUT2D eigenvalue weighted by atomic mass is 10.1. The molecule has 1 saturated heterocycles. The number of benzene rings is 2. The molecule has 2 aromatic rings. The summed E-state index contributed by atoms with van der Waals surface area (Å²) in [6.07, 6.45) is 0. The fourth-order valence-corrected chi connectivity index (χ4v) is 3.34. The van der Waals surface area contributed by atoms with E-state index in [0.29, 0.717) is 23.6 Å². The molecule has 1 fully saturated rings. The predicted molar refractivity (Wildman–Crippen MR) is 118 cm³/mol. The summed E-state index contributed by atoms with van der Waals surface area (Å²) >= 11 is 0. The third-order valence-electron chi connectivity index (χ3n) is 5.13. The summed E-state index contributed by atoms with van der Waals surface area (Å²) in [7, 11) is 4.80. The average Bonchev–Trinajstić information content (AvgIpc) is 2.82. The van der Waals surface area contributed by atoms with Crippen LogP contribution in [-0.4, -0.2) is 70.8 Å². The highest BCUT2D eigenvalue weighted by Crippen LogP contribution is 2.28. The highest BCUT2D eigenvalue weighted by Gasteiger charge is 2.16. The van der Waals surface area contributed by atoms with Gasteiger partial charge in [0.05, 0.1) is 20.3 Å². The zero-order valence-corrected chi connectivity index (χ0v) is 18.2. The lowest BCUT2D eigenvalue weighted by molar-refractivity contribution is -0.122. The molecular weight excluding hydrogens is 398 g/mol. The summed E-state index contributed by atoms with van der Waals surface area (Å²) in [4.78, 5) is 28.2. The summed E-state index contributed by atoms with van der Waals surface area (Å²) in [5.74, 6) is 0.428. The summed E-state index contributed by atoms with van der Waals surface area (Å²) in [5.41, 5.74) is 2.69. The summed E-state index contributed by atoms with van der Waals surface area (Å²) in [5, 5.41) is 2.49. The molecule has 8 heteroatoms. The molecule has 8 nitrogen and oxygen atoms in total. The van der Waals surface area contributed by atoms with Gasteiger partial charge in [0.2, 0.25) is 0 Å². The Kier molecular flexibility index (Phi) is 7.72. The van der Waals surface area contributed by atoms with E-state index >= 15 is 0 Å². The molecule has 0 saturated carbocycles. The number of carbonyl (C=O) groups excluding carboxylic acids is 2. The van der Waals surface area contributed by atoms with Crippen LogP contribution in [0.1, 0.15) is 15.9 Å². The van der Waals surface area contributed by atoms with Crippen LogP contribution in [0.4, 0.5) is 5.69 Å². The minimum absolute atomic E-state index is 0.124. The molecule has 166 valence electrons. The molecule has 0 unspecified atom stereocenters. The molecule has 31 heavy (non-hydrogen) atoms. The Morgan fingerprint density at radius 2 is 1.81 bits per heavy atom. The Bertz CT molecular complexity index is 895. The van der Waals surface area contributed by atoms with Gasteiger partial charge in [0.25, 0.3) is 11.8 Å². The molecule has 0 spiro atoms. The fourth-order valence-electron chi connectivity index (χ4n) is 3.34. The van der Waals surface area contributed by atoms with E-state index in [1.54, 1.807) is 30.1 Å². The van der Waals surface area contributed by atoms with Crippen molar-refractivity contribution in [3.63, 3.8) is 0 Å². The number of morpholine rings is 1. The first-order chi connectivity index (χ1) is 15.0. The van der Waals surface area contributed by atoms with E-state index in [1.807, 2.05) is 12.1 Å². The van der Waals surface area contributed by atoms with Crippen molar-refractivity contribution in [3.8, 4) is 11.5 Å². The van der Waals surface area contributed by atoms with E-state index in [9.17, 15) is 9.59 Å². The topological polar surface area (TPSA) is 80.3 Å². The van der Waals surface area contributed by atoms with E-state index < -0.39 is 0 Å². The highest BCUT2D eigenvalue weighted by molar-refractivity contribution is 5.94. The Hall–Kier alpha value is -3.26. The standard InChI is InChI=1S/C23H29N3O5/c1-24-22(27)16-31-20-9-6-18(14-21(20)29-3)23(28)25(2)15-17-4-7-19(8-5-17)26-10-12-30-13-11-26/h4-9,14H,10-13,15-16H2,1-3H3,(H,24,27). The first-order valence-corrected chi connectivity index (χ1v) is 10.2. The molecule has 1 aliphatic heterocycles. The fraction of sp³-hybridized carbons (Fsp3) is 0.391. The van der Waals surface area contributed by atoms with E-state index in [2.05, 4.69) is 22.3 Å².